The predicted molar refractivity (Wildman–Crippen MR) is 82.6 cm³/mol. The number of para-hydroxylation sites is 2. The number of benzene rings is 2. The summed E-state index contributed by atoms with van der Waals surface area (Å²) >= 11 is 0. The van der Waals surface area contributed by atoms with Crippen LogP contribution in [0.25, 0.3) is 22.4 Å². The zero-order valence-electron chi connectivity index (χ0n) is 13.1. The van der Waals surface area contributed by atoms with Crippen LogP contribution in [0.4, 0.5) is 0 Å². The molecule has 0 bridgehead atoms. The summed E-state index contributed by atoms with van der Waals surface area (Å²) in [4.78, 5) is 0. The summed E-state index contributed by atoms with van der Waals surface area (Å²) in [6.07, 6.45) is 0. The maximum atomic E-state index is 5.52. The Balaban J connectivity index is 0.00000176. The van der Waals surface area contributed by atoms with E-state index in [9.17, 15) is 0 Å². The smallest absolute Gasteiger partial charge is 0.293 e. The molecule has 0 atom stereocenters. The maximum Gasteiger partial charge on any atom is 0.293 e. The number of hydrogen-bond acceptors (Lipinski definition) is 2. The van der Waals surface area contributed by atoms with Gasteiger partial charge < -0.3 is 21.9 Å². The van der Waals surface area contributed by atoms with Gasteiger partial charge >= 0.3 is 0 Å². The Morgan fingerprint density at radius 2 is 1.73 bits per heavy atom. The molecule has 1 aromatic heterocycles. The van der Waals surface area contributed by atoms with Crippen LogP contribution >= 0.6 is 0 Å². The van der Waals surface area contributed by atoms with Crippen molar-refractivity contribution in [3.8, 4) is 22.9 Å². The van der Waals surface area contributed by atoms with Gasteiger partial charge in [-0.25, -0.2) is 9.13 Å². The quantitative estimate of drug-likeness (QED) is 0.620. The van der Waals surface area contributed by atoms with E-state index in [0.29, 0.717) is 0 Å². The van der Waals surface area contributed by atoms with Gasteiger partial charge in [-0.15, -0.1) is 0 Å². The fourth-order valence-corrected chi connectivity index (χ4v) is 2.83. The van der Waals surface area contributed by atoms with Gasteiger partial charge in [0.1, 0.15) is 17.1 Å². The van der Waals surface area contributed by atoms with E-state index in [1.54, 1.807) is 14.2 Å². The second-order valence-electron chi connectivity index (χ2n) is 5.00. The van der Waals surface area contributed by atoms with Crippen molar-refractivity contribution >= 4 is 11.0 Å². The number of rotatable bonds is 3. The van der Waals surface area contributed by atoms with Crippen LogP contribution in [0.3, 0.4) is 0 Å². The van der Waals surface area contributed by atoms with Gasteiger partial charge in [0.2, 0.25) is 0 Å². The number of aromatic nitrogens is 2. The molecule has 0 radical (unpaired) electrons. The summed E-state index contributed by atoms with van der Waals surface area (Å²) in [5.74, 6) is 2.72. The highest BCUT2D eigenvalue weighted by atomic mass is 35.5. The average molecular weight is 319 g/mol. The SMILES string of the molecule is COc1ccc(OC)c(-c2n(C)c3ccccc3[n+]2C)c1.[Cl-]. The van der Waals surface area contributed by atoms with Crippen LogP contribution in [0, 0.1) is 0 Å². The Kier molecular flexibility index (Phi) is 4.62. The lowest BCUT2D eigenvalue weighted by Gasteiger charge is -2.08. The molecule has 0 aliphatic rings. The van der Waals surface area contributed by atoms with Crippen LogP contribution in [0.1, 0.15) is 0 Å². The lowest BCUT2D eigenvalue weighted by Crippen LogP contribution is -3.00. The Bertz CT molecular complexity index is 773. The van der Waals surface area contributed by atoms with Crippen molar-refractivity contribution in [1.29, 1.82) is 0 Å². The van der Waals surface area contributed by atoms with E-state index in [4.69, 9.17) is 9.47 Å². The molecule has 0 aliphatic carbocycles. The van der Waals surface area contributed by atoms with Crippen molar-refractivity contribution in [2.24, 2.45) is 14.1 Å². The molecule has 2 aromatic carbocycles. The summed E-state index contributed by atoms with van der Waals surface area (Å²) < 4.78 is 15.2. The highest BCUT2D eigenvalue weighted by Gasteiger charge is 2.24. The molecule has 22 heavy (non-hydrogen) atoms. The number of methoxy groups -OCH3 is 2. The lowest BCUT2D eigenvalue weighted by atomic mass is 10.1. The first-order valence-electron chi connectivity index (χ1n) is 6.83. The van der Waals surface area contributed by atoms with Crippen LogP contribution < -0.4 is 26.4 Å². The van der Waals surface area contributed by atoms with E-state index in [-0.39, 0.29) is 12.4 Å². The lowest BCUT2D eigenvalue weighted by molar-refractivity contribution is -0.634. The van der Waals surface area contributed by atoms with Crippen molar-refractivity contribution in [2.45, 2.75) is 0 Å². The number of fused-ring (bicyclic) bond motifs is 1. The molecule has 4 nitrogen and oxygen atoms in total. The monoisotopic (exact) mass is 318 g/mol. The molecule has 0 N–H and O–H groups in total. The predicted octanol–water partition coefficient (Wildman–Crippen LogP) is -0.309. The zero-order valence-corrected chi connectivity index (χ0v) is 13.9. The second kappa shape index (κ2) is 6.28. The molecular formula is C17H19ClN2O2. The van der Waals surface area contributed by atoms with Gasteiger partial charge in [-0.2, -0.15) is 0 Å². The maximum absolute atomic E-state index is 5.52. The van der Waals surface area contributed by atoms with E-state index < -0.39 is 0 Å². The molecular weight excluding hydrogens is 300 g/mol. The Morgan fingerprint density at radius 1 is 1.00 bits per heavy atom. The van der Waals surface area contributed by atoms with E-state index in [1.165, 1.54) is 11.0 Å². The zero-order chi connectivity index (χ0) is 15.0. The van der Waals surface area contributed by atoms with Gasteiger partial charge in [-0.05, 0) is 30.3 Å². The molecule has 5 heteroatoms. The second-order valence-corrected chi connectivity index (χ2v) is 5.00. The molecule has 3 aromatic rings. The van der Waals surface area contributed by atoms with Gasteiger partial charge in [-0.3, -0.25) is 0 Å². The Morgan fingerprint density at radius 3 is 2.36 bits per heavy atom. The summed E-state index contributed by atoms with van der Waals surface area (Å²) in [7, 11) is 7.49. The molecule has 116 valence electrons. The highest BCUT2D eigenvalue weighted by Crippen LogP contribution is 2.33. The number of halogens is 1. The van der Waals surface area contributed by atoms with Crippen LogP contribution in [-0.4, -0.2) is 18.8 Å². The molecule has 0 fully saturated rings. The van der Waals surface area contributed by atoms with Gasteiger partial charge in [0.25, 0.3) is 5.82 Å². The molecule has 0 saturated carbocycles. The summed E-state index contributed by atoms with van der Waals surface area (Å²) in [5.41, 5.74) is 3.37. The minimum atomic E-state index is 0. The summed E-state index contributed by atoms with van der Waals surface area (Å²) in [6.45, 7) is 0. The number of aryl methyl sites for hydroxylation is 2. The van der Waals surface area contributed by atoms with Crippen LogP contribution in [0.5, 0.6) is 11.5 Å². The van der Waals surface area contributed by atoms with Crippen molar-refractivity contribution in [2.75, 3.05) is 14.2 Å². The molecule has 0 saturated heterocycles. The van der Waals surface area contributed by atoms with E-state index >= 15 is 0 Å². The molecule has 0 amide bonds. The van der Waals surface area contributed by atoms with Crippen LogP contribution in [0.2, 0.25) is 0 Å². The number of nitrogens with zero attached hydrogens (tertiary/aromatic N) is 2. The standard InChI is InChI=1S/C17H19N2O2.ClH/c1-18-14-7-5-6-8-15(14)19(2)17(18)13-11-12(20-3)9-10-16(13)21-4;/h5-11H,1-4H3;1H/q+1;/p-1. The van der Waals surface area contributed by atoms with E-state index in [0.717, 1.165) is 22.9 Å². The topological polar surface area (TPSA) is 27.3 Å². The first-order valence-corrected chi connectivity index (χ1v) is 6.83. The van der Waals surface area contributed by atoms with E-state index in [1.807, 2.05) is 18.2 Å². The fourth-order valence-electron chi connectivity index (χ4n) is 2.83. The first kappa shape index (κ1) is 16.2. The average Bonchev–Trinajstić information content (AvgIpc) is 2.78. The highest BCUT2D eigenvalue weighted by molar-refractivity contribution is 5.77. The Labute approximate surface area is 136 Å². The fraction of sp³-hybridized carbons (Fsp3) is 0.235. The van der Waals surface area contributed by atoms with E-state index in [2.05, 4.69) is 47.5 Å². The van der Waals surface area contributed by atoms with Gasteiger partial charge in [0, 0.05) is 0 Å². The van der Waals surface area contributed by atoms with Crippen molar-refractivity contribution in [1.82, 2.24) is 4.57 Å². The molecule has 0 aliphatic heterocycles. The molecule has 1 heterocycles. The van der Waals surface area contributed by atoms with Crippen molar-refractivity contribution < 1.29 is 26.4 Å². The molecule has 0 unspecified atom stereocenters. The number of ether oxygens (including phenoxy) is 2. The summed E-state index contributed by atoms with van der Waals surface area (Å²) in [5, 5.41) is 0. The third-order valence-electron chi connectivity index (χ3n) is 3.89. The molecule has 3 rings (SSSR count). The van der Waals surface area contributed by atoms with Gasteiger partial charge in [0.15, 0.2) is 11.0 Å². The number of imidazole rings is 1. The summed E-state index contributed by atoms with van der Waals surface area (Å²) in [6, 6.07) is 14.2. The number of hydrogen-bond donors (Lipinski definition) is 0. The third-order valence-corrected chi connectivity index (χ3v) is 3.89. The first-order chi connectivity index (χ1) is 10.2. The van der Waals surface area contributed by atoms with Gasteiger partial charge in [-0.1, -0.05) is 12.1 Å². The minimum absolute atomic E-state index is 0. The van der Waals surface area contributed by atoms with Crippen molar-refractivity contribution in [3.05, 3.63) is 42.5 Å². The van der Waals surface area contributed by atoms with Crippen molar-refractivity contribution in [3.63, 3.8) is 0 Å². The third kappa shape index (κ3) is 2.40. The minimum Gasteiger partial charge on any atom is -1.00 e. The normalized spacial score (nSPS) is 10.4. The van der Waals surface area contributed by atoms with Crippen LogP contribution in [-0.2, 0) is 14.1 Å². The Hall–Kier alpha value is -2.20. The molecule has 0 spiro atoms. The largest absolute Gasteiger partial charge is 1.00 e. The van der Waals surface area contributed by atoms with Crippen LogP contribution in [0.15, 0.2) is 42.5 Å². The van der Waals surface area contributed by atoms with Gasteiger partial charge in [0.05, 0.1) is 28.3 Å².